The molecule has 0 fully saturated rings. The maximum absolute atomic E-state index is 13.1. The van der Waals surface area contributed by atoms with Crippen LogP contribution in [0.3, 0.4) is 0 Å². The number of anilines is 1. The second-order valence-corrected chi connectivity index (χ2v) is 8.60. The fourth-order valence-electron chi connectivity index (χ4n) is 3.36. The second-order valence-electron chi connectivity index (χ2n) is 8.60. The van der Waals surface area contributed by atoms with Crippen molar-refractivity contribution in [2.24, 2.45) is 5.92 Å². The summed E-state index contributed by atoms with van der Waals surface area (Å²) in [6.45, 7) is 5.56. The lowest BCUT2D eigenvalue weighted by molar-refractivity contribution is -0.145. The number of hydrogen-bond donors (Lipinski definition) is 3. The van der Waals surface area contributed by atoms with Crippen molar-refractivity contribution in [1.82, 2.24) is 20.2 Å². The number of ether oxygens (including phenoxy) is 1. The van der Waals surface area contributed by atoms with Crippen LogP contribution in [0.2, 0.25) is 0 Å². The first kappa shape index (κ1) is 30.4. The largest absolute Gasteiger partial charge is 0.467 e. The van der Waals surface area contributed by atoms with E-state index in [2.05, 4.69) is 15.6 Å². The lowest BCUT2D eigenvalue weighted by Crippen LogP contribution is -2.55. The number of nitrogens with one attached hydrogen (secondary N) is 3. The minimum Gasteiger partial charge on any atom is -0.467 e. The minimum atomic E-state index is -5.11. The molecule has 2 rings (SSSR count). The van der Waals surface area contributed by atoms with Gasteiger partial charge >= 0.3 is 24.4 Å². The Balaban J connectivity index is 2.20. The molecular formula is C23H27F6N5O4. The Bertz CT molecular complexity index is 1110. The van der Waals surface area contributed by atoms with E-state index in [4.69, 9.17) is 4.74 Å². The molecule has 0 saturated heterocycles. The molecule has 0 unspecified atom stereocenters. The molecule has 210 valence electrons. The van der Waals surface area contributed by atoms with E-state index < -0.39 is 65.1 Å². The molecule has 0 radical (unpaired) electrons. The highest BCUT2D eigenvalue weighted by Crippen LogP contribution is 2.37. The number of methoxy groups -OCH3 is 1. The topological polar surface area (TPSA) is 114 Å². The molecular weight excluding hydrogens is 524 g/mol. The van der Waals surface area contributed by atoms with Gasteiger partial charge < -0.3 is 25.3 Å². The summed E-state index contributed by atoms with van der Waals surface area (Å²) in [5.41, 5.74) is -3.55. The highest BCUT2D eigenvalue weighted by molar-refractivity contribution is 5.95. The van der Waals surface area contributed by atoms with Gasteiger partial charge in [-0.1, -0.05) is 13.8 Å². The number of carbonyl (C=O) groups is 3. The number of imidazole rings is 1. The Morgan fingerprint density at radius 2 is 1.58 bits per heavy atom. The van der Waals surface area contributed by atoms with Crippen LogP contribution >= 0.6 is 0 Å². The van der Waals surface area contributed by atoms with Gasteiger partial charge in [0.05, 0.1) is 30.3 Å². The molecule has 1 aromatic carbocycles. The highest BCUT2D eigenvalue weighted by Gasteiger charge is 2.37. The molecule has 1 aromatic heterocycles. The SMILES string of the molecule is CCn1cnc(C[C@H](NC(=O)[C@@H](NC(=O)Nc2cc(C(F)(F)F)cc(C(F)(F)F)c2)C(C)C)C(=O)OC)c1. The minimum absolute atomic E-state index is 0.0348. The van der Waals surface area contributed by atoms with Crippen LogP contribution in [0.15, 0.2) is 30.7 Å². The Hall–Kier alpha value is -3.78. The van der Waals surface area contributed by atoms with E-state index >= 15 is 0 Å². The number of halogens is 6. The first-order valence-corrected chi connectivity index (χ1v) is 11.3. The number of aryl methyl sites for hydroxylation is 1. The van der Waals surface area contributed by atoms with Gasteiger partial charge in [-0.2, -0.15) is 26.3 Å². The van der Waals surface area contributed by atoms with Crippen LogP contribution < -0.4 is 16.0 Å². The number of amides is 3. The van der Waals surface area contributed by atoms with Crippen LogP contribution in [-0.2, 0) is 39.6 Å². The molecule has 0 bridgehead atoms. The van der Waals surface area contributed by atoms with Crippen molar-refractivity contribution < 1.29 is 45.5 Å². The molecule has 9 nitrogen and oxygen atoms in total. The van der Waals surface area contributed by atoms with Gasteiger partial charge in [0.2, 0.25) is 5.91 Å². The summed E-state index contributed by atoms with van der Waals surface area (Å²) in [5, 5.41) is 6.58. The highest BCUT2D eigenvalue weighted by atomic mass is 19.4. The molecule has 15 heteroatoms. The number of alkyl halides is 6. The van der Waals surface area contributed by atoms with Crippen molar-refractivity contribution in [3.05, 3.63) is 47.5 Å². The van der Waals surface area contributed by atoms with Gasteiger partial charge in [-0.15, -0.1) is 0 Å². The maximum Gasteiger partial charge on any atom is 0.416 e. The van der Waals surface area contributed by atoms with E-state index in [9.17, 15) is 40.7 Å². The third-order valence-corrected chi connectivity index (χ3v) is 5.35. The number of nitrogens with zero attached hydrogens (tertiary/aromatic N) is 2. The van der Waals surface area contributed by atoms with Crippen molar-refractivity contribution in [3.8, 4) is 0 Å². The van der Waals surface area contributed by atoms with Crippen LogP contribution in [0, 0.1) is 5.92 Å². The standard InChI is InChI=1S/C23H27F6N5O4/c1-5-34-10-16(30-11-34)9-17(20(36)38-4)32-19(35)18(12(2)3)33-21(37)31-15-7-13(22(24,25)26)6-14(8-15)23(27,28)29/h6-8,10-12,17-18H,5,9H2,1-4H3,(H,32,35)(H2,31,33,37)/t17-,18-/m0/s1. The predicted molar refractivity (Wildman–Crippen MR) is 123 cm³/mol. The van der Waals surface area contributed by atoms with E-state index in [1.165, 1.54) is 20.2 Å². The van der Waals surface area contributed by atoms with Gasteiger partial charge in [0.15, 0.2) is 0 Å². The van der Waals surface area contributed by atoms with Crippen molar-refractivity contribution in [2.45, 2.75) is 58.2 Å². The third kappa shape index (κ3) is 8.38. The Labute approximate surface area is 213 Å². The molecule has 1 heterocycles. The average molecular weight is 551 g/mol. The lowest BCUT2D eigenvalue weighted by atomic mass is 10.0. The fraction of sp³-hybridized carbons (Fsp3) is 0.478. The number of rotatable bonds is 9. The van der Waals surface area contributed by atoms with Gasteiger partial charge in [0.1, 0.15) is 12.1 Å². The Morgan fingerprint density at radius 3 is 2.03 bits per heavy atom. The summed E-state index contributed by atoms with van der Waals surface area (Å²) in [5.74, 6) is -2.22. The number of carbonyl (C=O) groups excluding carboxylic acids is 3. The van der Waals surface area contributed by atoms with E-state index in [0.29, 0.717) is 24.4 Å². The number of benzene rings is 1. The third-order valence-electron chi connectivity index (χ3n) is 5.35. The van der Waals surface area contributed by atoms with Crippen molar-refractivity contribution >= 4 is 23.6 Å². The summed E-state index contributed by atoms with van der Waals surface area (Å²) >= 11 is 0. The molecule has 2 aromatic rings. The zero-order valence-electron chi connectivity index (χ0n) is 20.8. The number of esters is 1. The predicted octanol–water partition coefficient (Wildman–Crippen LogP) is 3.99. The molecule has 0 aliphatic rings. The second kappa shape index (κ2) is 12.2. The number of urea groups is 1. The van der Waals surface area contributed by atoms with E-state index in [1.54, 1.807) is 10.8 Å². The number of aromatic nitrogens is 2. The van der Waals surface area contributed by atoms with Crippen LogP contribution in [0.5, 0.6) is 0 Å². The normalized spacial score (nSPS) is 13.6. The van der Waals surface area contributed by atoms with Crippen LogP contribution in [-0.4, -0.2) is 46.7 Å². The van der Waals surface area contributed by atoms with E-state index in [1.807, 2.05) is 12.2 Å². The Morgan fingerprint density at radius 1 is 1.00 bits per heavy atom. The summed E-state index contributed by atoms with van der Waals surface area (Å²) in [6, 6.07) is -3.14. The first-order valence-electron chi connectivity index (χ1n) is 11.3. The summed E-state index contributed by atoms with van der Waals surface area (Å²) < 4.78 is 85.0. The molecule has 0 aliphatic heterocycles. The van der Waals surface area contributed by atoms with Gasteiger partial charge in [-0.3, -0.25) is 4.79 Å². The van der Waals surface area contributed by atoms with Gasteiger partial charge in [0.25, 0.3) is 0 Å². The molecule has 0 spiro atoms. The molecule has 3 amide bonds. The van der Waals surface area contributed by atoms with Crippen LogP contribution in [0.1, 0.15) is 37.6 Å². The van der Waals surface area contributed by atoms with Crippen molar-refractivity contribution in [1.29, 1.82) is 0 Å². The van der Waals surface area contributed by atoms with Gasteiger partial charge in [0, 0.05) is 24.8 Å². The summed E-state index contributed by atoms with van der Waals surface area (Å²) in [6.07, 6.45) is -7.05. The van der Waals surface area contributed by atoms with Crippen molar-refractivity contribution in [3.63, 3.8) is 0 Å². The molecule has 38 heavy (non-hydrogen) atoms. The first-order chi connectivity index (χ1) is 17.5. The quantitative estimate of drug-likeness (QED) is 0.322. The maximum atomic E-state index is 13.1. The zero-order chi connectivity index (χ0) is 28.8. The zero-order valence-corrected chi connectivity index (χ0v) is 20.8. The smallest absolute Gasteiger partial charge is 0.416 e. The molecule has 0 saturated carbocycles. The van der Waals surface area contributed by atoms with Crippen molar-refractivity contribution in [2.75, 3.05) is 12.4 Å². The van der Waals surface area contributed by atoms with Crippen LogP contribution in [0.4, 0.5) is 36.8 Å². The molecule has 3 N–H and O–H groups in total. The van der Waals surface area contributed by atoms with Gasteiger partial charge in [-0.05, 0) is 31.0 Å². The molecule has 2 atom stereocenters. The summed E-state index contributed by atoms with van der Waals surface area (Å²) in [4.78, 5) is 41.8. The number of hydrogen-bond acceptors (Lipinski definition) is 5. The van der Waals surface area contributed by atoms with Gasteiger partial charge in [-0.25, -0.2) is 14.6 Å². The van der Waals surface area contributed by atoms with E-state index in [-0.39, 0.29) is 12.5 Å². The monoisotopic (exact) mass is 551 g/mol. The van der Waals surface area contributed by atoms with E-state index in [0.717, 1.165) is 7.11 Å². The average Bonchev–Trinajstić information content (AvgIpc) is 3.27. The van der Waals surface area contributed by atoms with Crippen LogP contribution in [0.25, 0.3) is 0 Å². The molecule has 0 aliphatic carbocycles. The fourth-order valence-corrected chi connectivity index (χ4v) is 3.36. The Kier molecular flexibility index (Phi) is 9.75. The lowest BCUT2D eigenvalue weighted by Gasteiger charge is -2.24. The summed E-state index contributed by atoms with van der Waals surface area (Å²) in [7, 11) is 1.11.